The number of pyridine rings is 1. The van der Waals surface area contributed by atoms with E-state index < -0.39 is 0 Å². The predicted molar refractivity (Wildman–Crippen MR) is 78.6 cm³/mol. The summed E-state index contributed by atoms with van der Waals surface area (Å²) in [6.45, 7) is 4.06. The van der Waals surface area contributed by atoms with Crippen molar-refractivity contribution in [3.8, 4) is 5.88 Å². The molecule has 0 aliphatic carbocycles. The van der Waals surface area contributed by atoms with Crippen molar-refractivity contribution >= 4 is 28.3 Å². The van der Waals surface area contributed by atoms with Gasteiger partial charge < -0.3 is 4.74 Å². The molecule has 20 heavy (non-hydrogen) atoms. The van der Waals surface area contributed by atoms with Crippen molar-refractivity contribution in [2.75, 3.05) is 7.11 Å². The van der Waals surface area contributed by atoms with Gasteiger partial charge in [-0.3, -0.25) is 4.40 Å². The van der Waals surface area contributed by atoms with Gasteiger partial charge in [-0.2, -0.15) is 4.98 Å². The maximum atomic E-state index is 6.30. The van der Waals surface area contributed by atoms with E-state index >= 15 is 0 Å². The molecule has 0 saturated carbocycles. The van der Waals surface area contributed by atoms with Gasteiger partial charge in [-0.1, -0.05) is 18.5 Å². The van der Waals surface area contributed by atoms with Crippen LogP contribution in [0.3, 0.4) is 0 Å². The minimum Gasteiger partial charge on any atom is -0.481 e. The number of halogens is 1. The molecule has 0 unspecified atom stereocenters. The Kier molecular flexibility index (Phi) is 3.22. The lowest BCUT2D eigenvalue weighted by Gasteiger charge is -2.07. The maximum absolute atomic E-state index is 6.30. The first-order chi connectivity index (χ1) is 9.65. The van der Waals surface area contributed by atoms with Gasteiger partial charge in [0.15, 0.2) is 10.8 Å². The third-order valence-corrected chi connectivity index (χ3v) is 3.52. The first kappa shape index (κ1) is 13.1. The number of aromatic nitrogens is 4. The second kappa shape index (κ2) is 4.90. The number of hydrogen-bond donors (Lipinski definition) is 0. The van der Waals surface area contributed by atoms with Gasteiger partial charge in [0.1, 0.15) is 16.9 Å². The van der Waals surface area contributed by atoms with E-state index in [1.54, 1.807) is 13.2 Å². The summed E-state index contributed by atoms with van der Waals surface area (Å²) < 4.78 is 7.19. The van der Waals surface area contributed by atoms with Gasteiger partial charge in [0, 0.05) is 12.5 Å². The average molecular weight is 291 g/mol. The van der Waals surface area contributed by atoms with Crippen LogP contribution in [0.25, 0.3) is 16.7 Å². The molecule has 3 aromatic heterocycles. The fourth-order valence-electron chi connectivity index (χ4n) is 2.40. The molecule has 0 spiro atoms. The summed E-state index contributed by atoms with van der Waals surface area (Å²) in [6, 6.07) is 3.64. The van der Waals surface area contributed by atoms with Crippen LogP contribution in [0.1, 0.15) is 24.9 Å². The smallest absolute Gasteiger partial charge is 0.215 e. The molecule has 5 nitrogen and oxygen atoms in total. The van der Waals surface area contributed by atoms with Crippen LogP contribution in [0.2, 0.25) is 5.15 Å². The lowest BCUT2D eigenvalue weighted by atomic mass is 10.3. The highest BCUT2D eigenvalue weighted by atomic mass is 35.5. The second-order valence-corrected chi connectivity index (χ2v) is 5.00. The fourth-order valence-corrected chi connectivity index (χ4v) is 2.71. The predicted octanol–water partition coefficient (Wildman–Crippen LogP) is 3.20. The maximum Gasteiger partial charge on any atom is 0.215 e. The molecular formula is C14H15ClN4O. The normalized spacial score (nSPS) is 11.4. The van der Waals surface area contributed by atoms with E-state index in [4.69, 9.17) is 16.3 Å². The van der Waals surface area contributed by atoms with Crippen LogP contribution in [-0.4, -0.2) is 26.5 Å². The monoisotopic (exact) mass is 290 g/mol. The standard InChI is InChI=1S/C14H15ClN4O/c1-4-5-10-16-8(2)12-13(15)17-9-6-7-11(20-3)18-14(9)19(10)12/h6-7H,4-5H2,1-3H3. The quantitative estimate of drug-likeness (QED) is 0.743. The number of aryl methyl sites for hydroxylation is 2. The SMILES string of the molecule is CCCc1nc(C)c2c(Cl)nc3ccc(OC)nc3n12. The van der Waals surface area contributed by atoms with Crippen LogP contribution >= 0.6 is 11.6 Å². The third kappa shape index (κ3) is 1.89. The van der Waals surface area contributed by atoms with Gasteiger partial charge >= 0.3 is 0 Å². The minimum atomic E-state index is 0.455. The molecule has 0 radical (unpaired) electrons. The van der Waals surface area contributed by atoms with Gasteiger partial charge in [0.05, 0.1) is 12.8 Å². The first-order valence-electron chi connectivity index (χ1n) is 6.54. The van der Waals surface area contributed by atoms with Crippen molar-refractivity contribution in [2.24, 2.45) is 0 Å². The Labute approximate surface area is 121 Å². The average Bonchev–Trinajstić information content (AvgIpc) is 2.77. The summed E-state index contributed by atoms with van der Waals surface area (Å²) in [5.74, 6) is 1.51. The van der Waals surface area contributed by atoms with Crippen LogP contribution < -0.4 is 4.74 Å². The molecule has 104 valence electrons. The number of fused-ring (bicyclic) bond motifs is 3. The molecule has 3 heterocycles. The Bertz CT molecular complexity index is 797. The molecule has 0 fully saturated rings. The van der Waals surface area contributed by atoms with Crippen molar-refractivity contribution in [3.63, 3.8) is 0 Å². The molecule has 0 atom stereocenters. The number of rotatable bonds is 3. The highest BCUT2D eigenvalue weighted by Crippen LogP contribution is 2.26. The van der Waals surface area contributed by atoms with E-state index in [2.05, 4.69) is 21.9 Å². The zero-order valence-corrected chi connectivity index (χ0v) is 12.4. The number of imidazole rings is 1. The van der Waals surface area contributed by atoms with Gasteiger partial charge in [0.2, 0.25) is 5.88 Å². The largest absolute Gasteiger partial charge is 0.481 e. The van der Waals surface area contributed by atoms with E-state index in [0.29, 0.717) is 11.0 Å². The summed E-state index contributed by atoms with van der Waals surface area (Å²) in [5.41, 5.74) is 3.16. The van der Waals surface area contributed by atoms with Crippen molar-refractivity contribution in [1.29, 1.82) is 0 Å². The number of methoxy groups -OCH3 is 1. The highest BCUT2D eigenvalue weighted by molar-refractivity contribution is 6.33. The molecule has 0 aliphatic rings. The van der Waals surface area contributed by atoms with Gasteiger partial charge in [-0.15, -0.1) is 0 Å². The summed E-state index contributed by atoms with van der Waals surface area (Å²) in [4.78, 5) is 13.5. The van der Waals surface area contributed by atoms with Gasteiger partial charge in [0.25, 0.3) is 0 Å². The van der Waals surface area contributed by atoms with E-state index in [1.165, 1.54) is 0 Å². The minimum absolute atomic E-state index is 0.455. The molecule has 0 bridgehead atoms. The number of ether oxygens (including phenoxy) is 1. The topological polar surface area (TPSA) is 52.3 Å². The van der Waals surface area contributed by atoms with E-state index in [1.807, 2.05) is 17.4 Å². The Balaban J connectivity index is 2.47. The summed E-state index contributed by atoms with van der Waals surface area (Å²) >= 11 is 6.30. The molecular weight excluding hydrogens is 276 g/mol. The van der Waals surface area contributed by atoms with E-state index in [9.17, 15) is 0 Å². The third-order valence-electron chi connectivity index (χ3n) is 3.26. The molecule has 0 aliphatic heterocycles. The fraction of sp³-hybridized carbons (Fsp3) is 0.357. The van der Waals surface area contributed by atoms with Crippen molar-refractivity contribution in [3.05, 3.63) is 28.8 Å². The Hall–Kier alpha value is -1.88. The van der Waals surface area contributed by atoms with Crippen LogP contribution in [0.5, 0.6) is 5.88 Å². The van der Waals surface area contributed by atoms with Gasteiger partial charge in [-0.05, 0) is 19.4 Å². The second-order valence-electron chi connectivity index (χ2n) is 4.65. The van der Waals surface area contributed by atoms with E-state index in [-0.39, 0.29) is 0 Å². The zero-order chi connectivity index (χ0) is 14.3. The van der Waals surface area contributed by atoms with Crippen LogP contribution in [-0.2, 0) is 6.42 Å². The molecule has 3 rings (SSSR count). The van der Waals surface area contributed by atoms with Crippen LogP contribution in [0.4, 0.5) is 0 Å². The molecule has 0 amide bonds. The van der Waals surface area contributed by atoms with Gasteiger partial charge in [-0.25, -0.2) is 9.97 Å². The lowest BCUT2D eigenvalue weighted by Crippen LogP contribution is -2.01. The van der Waals surface area contributed by atoms with Crippen molar-refractivity contribution in [2.45, 2.75) is 26.7 Å². The van der Waals surface area contributed by atoms with Crippen molar-refractivity contribution < 1.29 is 4.74 Å². The molecule has 0 saturated heterocycles. The first-order valence-corrected chi connectivity index (χ1v) is 6.91. The molecule has 0 aromatic carbocycles. The Morgan fingerprint density at radius 2 is 2.05 bits per heavy atom. The summed E-state index contributed by atoms with van der Waals surface area (Å²) in [5, 5.41) is 0.455. The van der Waals surface area contributed by atoms with Crippen LogP contribution in [0, 0.1) is 6.92 Å². The summed E-state index contributed by atoms with van der Waals surface area (Å²) in [6.07, 6.45) is 1.87. The zero-order valence-electron chi connectivity index (χ0n) is 11.6. The highest BCUT2D eigenvalue weighted by Gasteiger charge is 2.16. The van der Waals surface area contributed by atoms with E-state index in [0.717, 1.165) is 41.0 Å². The van der Waals surface area contributed by atoms with Crippen LogP contribution in [0.15, 0.2) is 12.1 Å². The molecule has 6 heteroatoms. The molecule has 0 N–H and O–H groups in total. The molecule has 3 aromatic rings. The Morgan fingerprint density at radius 3 is 2.75 bits per heavy atom. The number of hydrogen-bond acceptors (Lipinski definition) is 4. The lowest BCUT2D eigenvalue weighted by molar-refractivity contribution is 0.399. The Morgan fingerprint density at radius 1 is 1.25 bits per heavy atom. The summed E-state index contributed by atoms with van der Waals surface area (Å²) in [7, 11) is 1.60. The number of nitrogens with zero attached hydrogens (tertiary/aromatic N) is 4. The van der Waals surface area contributed by atoms with Crippen molar-refractivity contribution in [1.82, 2.24) is 19.4 Å².